The van der Waals surface area contributed by atoms with Crippen LogP contribution in [0, 0.1) is 0 Å². The van der Waals surface area contributed by atoms with Crippen molar-refractivity contribution in [1.82, 2.24) is 15.1 Å². The highest BCUT2D eigenvalue weighted by atomic mass is 16.5. The fourth-order valence-corrected chi connectivity index (χ4v) is 1.58. The minimum absolute atomic E-state index is 0.357. The Morgan fingerprint density at radius 2 is 2.31 bits per heavy atom. The van der Waals surface area contributed by atoms with Crippen LogP contribution in [0.4, 0.5) is 0 Å². The van der Waals surface area contributed by atoms with Gasteiger partial charge in [-0.05, 0) is 24.5 Å². The van der Waals surface area contributed by atoms with E-state index < -0.39 is 0 Å². The van der Waals surface area contributed by atoms with Crippen LogP contribution in [0.15, 0.2) is 29.0 Å². The molecule has 2 aromatic heterocycles. The van der Waals surface area contributed by atoms with Crippen LogP contribution >= 0.6 is 0 Å². The lowest BCUT2D eigenvalue weighted by Gasteiger charge is -2.05. The highest BCUT2D eigenvalue weighted by Gasteiger charge is 2.30. The smallest absolute Gasteiger partial charge is 0.229 e. The molecule has 1 fully saturated rings. The van der Waals surface area contributed by atoms with Crippen molar-refractivity contribution in [2.45, 2.75) is 24.8 Å². The summed E-state index contributed by atoms with van der Waals surface area (Å²) in [5.41, 5.74) is 6.92. The number of hydrogen-bond donors (Lipinski definition) is 1. The molecule has 0 saturated heterocycles. The summed E-state index contributed by atoms with van der Waals surface area (Å²) < 4.78 is 5.17. The van der Waals surface area contributed by atoms with Crippen LogP contribution in [0.25, 0.3) is 0 Å². The van der Waals surface area contributed by atoms with E-state index in [1.54, 1.807) is 12.4 Å². The molecule has 0 amide bonds. The molecule has 1 aliphatic rings. The molecular weight excluding hydrogens is 204 g/mol. The molecule has 0 bridgehead atoms. The topological polar surface area (TPSA) is 77.8 Å². The molecule has 3 rings (SSSR count). The predicted octanol–water partition coefficient (Wildman–Crippen LogP) is 1.39. The third-order valence-electron chi connectivity index (χ3n) is 2.71. The van der Waals surface area contributed by atoms with Gasteiger partial charge < -0.3 is 10.3 Å². The minimum atomic E-state index is -0.357. The standard InChI is InChI=1S/C11H12N4O/c12-9(8-2-1-5-13-6-8)10-14-11(16-15-10)7-3-4-7/h1-2,5-7,9H,3-4,12H2/t9-/m0/s1. The first-order valence-electron chi connectivity index (χ1n) is 5.33. The summed E-state index contributed by atoms with van der Waals surface area (Å²) in [6.07, 6.45) is 5.72. The molecule has 0 aromatic carbocycles. The molecule has 0 radical (unpaired) electrons. The van der Waals surface area contributed by atoms with Gasteiger partial charge in [0.2, 0.25) is 5.89 Å². The lowest BCUT2D eigenvalue weighted by atomic mass is 10.1. The molecule has 1 aliphatic carbocycles. The minimum Gasteiger partial charge on any atom is -0.339 e. The largest absolute Gasteiger partial charge is 0.339 e. The van der Waals surface area contributed by atoms with Crippen molar-refractivity contribution in [3.05, 3.63) is 41.8 Å². The maximum atomic E-state index is 6.03. The van der Waals surface area contributed by atoms with E-state index in [0.717, 1.165) is 18.4 Å². The third kappa shape index (κ3) is 1.69. The quantitative estimate of drug-likeness (QED) is 0.838. The first-order valence-corrected chi connectivity index (χ1v) is 5.33. The number of rotatable bonds is 3. The van der Waals surface area contributed by atoms with E-state index in [0.29, 0.717) is 17.6 Å². The Labute approximate surface area is 92.7 Å². The summed E-state index contributed by atoms with van der Waals surface area (Å²) in [7, 11) is 0. The fourth-order valence-electron chi connectivity index (χ4n) is 1.58. The normalized spacial score (nSPS) is 17.3. The monoisotopic (exact) mass is 216 g/mol. The maximum absolute atomic E-state index is 6.03. The summed E-state index contributed by atoms with van der Waals surface area (Å²) in [6.45, 7) is 0. The Bertz CT molecular complexity index is 478. The molecule has 0 spiro atoms. The van der Waals surface area contributed by atoms with Crippen LogP contribution in [0.5, 0.6) is 0 Å². The average Bonchev–Trinajstić information content (AvgIpc) is 3.08. The Hall–Kier alpha value is -1.75. The second kappa shape index (κ2) is 3.68. The summed E-state index contributed by atoms with van der Waals surface area (Å²) in [6, 6.07) is 3.40. The number of nitrogens with zero attached hydrogens (tertiary/aromatic N) is 3. The van der Waals surface area contributed by atoms with Gasteiger partial charge in [0.15, 0.2) is 5.82 Å². The van der Waals surface area contributed by atoms with Gasteiger partial charge in [-0.15, -0.1) is 0 Å². The summed E-state index contributed by atoms with van der Waals surface area (Å²) in [5.74, 6) is 1.71. The molecule has 82 valence electrons. The Balaban J connectivity index is 1.85. The number of nitrogens with two attached hydrogens (primary N) is 1. The van der Waals surface area contributed by atoms with Gasteiger partial charge in [-0.3, -0.25) is 4.98 Å². The van der Waals surface area contributed by atoms with Crippen molar-refractivity contribution < 1.29 is 4.52 Å². The molecule has 1 atom stereocenters. The zero-order chi connectivity index (χ0) is 11.0. The molecule has 2 N–H and O–H groups in total. The van der Waals surface area contributed by atoms with Gasteiger partial charge in [0.05, 0.1) is 6.04 Å². The van der Waals surface area contributed by atoms with E-state index in [9.17, 15) is 0 Å². The second-order valence-corrected chi connectivity index (χ2v) is 4.03. The summed E-state index contributed by atoms with van der Waals surface area (Å²) >= 11 is 0. The van der Waals surface area contributed by atoms with Crippen molar-refractivity contribution in [3.63, 3.8) is 0 Å². The highest BCUT2D eigenvalue weighted by Crippen LogP contribution is 2.39. The first kappa shape index (κ1) is 9.47. The van der Waals surface area contributed by atoms with Crippen molar-refractivity contribution in [2.24, 2.45) is 5.73 Å². The molecule has 1 saturated carbocycles. The zero-order valence-corrected chi connectivity index (χ0v) is 8.71. The Morgan fingerprint density at radius 1 is 1.44 bits per heavy atom. The summed E-state index contributed by atoms with van der Waals surface area (Å²) in [4.78, 5) is 8.34. The number of pyridine rings is 1. The summed E-state index contributed by atoms with van der Waals surface area (Å²) in [5, 5.41) is 3.91. The lowest BCUT2D eigenvalue weighted by molar-refractivity contribution is 0.372. The first-order chi connectivity index (χ1) is 7.84. The molecular formula is C11H12N4O. The van der Waals surface area contributed by atoms with Crippen LogP contribution in [0.1, 0.15) is 42.1 Å². The van der Waals surface area contributed by atoms with Gasteiger partial charge in [0, 0.05) is 18.3 Å². The predicted molar refractivity (Wildman–Crippen MR) is 56.5 cm³/mol. The van der Waals surface area contributed by atoms with Gasteiger partial charge >= 0.3 is 0 Å². The molecule has 0 aliphatic heterocycles. The molecule has 2 aromatic rings. The Kier molecular flexibility index (Phi) is 2.18. The lowest BCUT2D eigenvalue weighted by Crippen LogP contribution is -2.13. The zero-order valence-electron chi connectivity index (χ0n) is 8.71. The molecule has 0 unspecified atom stereocenters. The maximum Gasteiger partial charge on any atom is 0.229 e. The van der Waals surface area contributed by atoms with Crippen LogP contribution in [0.3, 0.4) is 0 Å². The molecule has 5 nitrogen and oxygen atoms in total. The van der Waals surface area contributed by atoms with E-state index in [-0.39, 0.29) is 6.04 Å². The van der Waals surface area contributed by atoms with Crippen molar-refractivity contribution in [3.8, 4) is 0 Å². The number of hydrogen-bond acceptors (Lipinski definition) is 5. The van der Waals surface area contributed by atoms with E-state index in [2.05, 4.69) is 15.1 Å². The van der Waals surface area contributed by atoms with E-state index in [1.807, 2.05) is 12.1 Å². The van der Waals surface area contributed by atoms with Gasteiger partial charge in [-0.1, -0.05) is 11.2 Å². The SMILES string of the molecule is N[C@@H](c1cccnc1)c1noc(C2CC2)n1. The van der Waals surface area contributed by atoms with Crippen LogP contribution < -0.4 is 5.73 Å². The van der Waals surface area contributed by atoms with Crippen LogP contribution in [-0.2, 0) is 0 Å². The molecule has 16 heavy (non-hydrogen) atoms. The Morgan fingerprint density at radius 3 is 3.00 bits per heavy atom. The van der Waals surface area contributed by atoms with Crippen molar-refractivity contribution >= 4 is 0 Å². The van der Waals surface area contributed by atoms with Gasteiger partial charge in [-0.25, -0.2) is 0 Å². The molecule has 2 heterocycles. The van der Waals surface area contributed by atoms with Gasteiger partial charge in [0.25, 0.3) is 0 Å². The molecule has 5 heteroatoms. The number of aromatic nitrogens is 3. The van der Waals surface area contributed by atoms with E-state index >= 15 is 0 Å². The highest BCUT2D eigenvalue weighted by molar-refractivity contribution is 5.20. The average molecular weight is 216 g/mol. The van der Waals surface area contributed by atoms with Crippen LogP contribution in [0.2, 0.25) is 0 Å². The van der Waals surface area contributed by atoms with E-state index in [4.69, 9.17) is 10.3 Å². The van der Waals surface area contributed by atoms with Gasteiger partial charge in [-0.2, -0.15) is 4.98 Å². The second-order valence-electron chi connectivity index (χ2n) is 4.03. The van der Waals surface area contributed by atoms with Gasteiger partial charge in [0.1, 0.15) is 0 Å². The fraction of sp³-hybridized carbons (Fsp3) is 0.364. The van der Waals surface area contributed by atoms with Crippen molar-refractivity contribution in [1.29, 1.82) is 0 Å². The van der Waals surface area contributed by atoms with E-state index in [1.165, 1.54) is 0 Å². The third-order valence-corrected chi connectivity index (χ3v) is 2.71. The van der Waals surface area contributed by atoms with Crippen LogP contribution in [-0.4, -0.2) is 15.1 Å². The van der Waals surface area contributed by atoms with Crippen molar-refractivity contribution in [2.75, 3.05) is 0 Å².